The molecule has 4 nitrogen and oxygen atoms in total. The number of nitrogens with zero attached hydrogens (tertiary/aromatic N) is 1. The Labute approximate surface area is 115 Å². The minimum absolute atomic E-state index is 0.0685. The molecular formula is C15H25NO3. The molecule has 0 radical (unpaired) electrons. The van der Waals surface area contributed by atoms with Crippen molar-refractivity contribution in [3.8, 4) is 0 Å². The molecule has 1 amide bonds. The molecule has 19 heavy (non-hydrogen) atoms. The molecule has 0 bridgehead atoms. The second kappa shape index (κ2) is 5.51. The number of likely N-dealkylation sites (tertiary alicyclic amines) is 1. The van der Waals surface area contributed by atoms with Crippen molar-refractivity contribution in [2.75, 3.05) is 6.54 Å². The minimum atomic E-state index is -0.747. The van der Waals surface area contributed by atoms with E-state index in [0.717, 1.165) is 13.0 Å². The topological polar surface area (TPSA) is 57.6 Å². The van der Waals surface area contributed by atoms with E-state index in [4.69, 9.17) is 5.11 Å². The fourth-order valence-electron chi connectivity index (χ4n) is 3.67. The molecule has 0 aromatic rings. The molecule has 2 rings (SSSR count). The highest BCUT2D eigenvalue weighted by molar-refractivity contribution is 5.81. The molecule has 1 aliphatic heterocycles. The second-order valence-electron chi connectivity index (χ2n) is 6.59. The number of rotatable bonds is 2. The number of aliphatic carboxylic acids is 1. The van der Waals surface area contributed by atoms with Gasteiger partial charge in [-0.25, -0.2) is 0 Å². The fraction of sp³-hybridized carbons (Fsp3) is 0.867. The second-order valence-corrected chi connectivity index (χ2v) is 6.59. The van der Waals surface area contributed by atoms with Crippen molar-refractivity contribution in [3.63, 3.8) is 0 Å². The lowest BCUT2D eigenvalue weighted by Gasteiger charge is -2.42. The van der Waals surface area contributed by atoms with E-state index in [1.807, 2.05) is 4.90 Å². The maximum atomic E-state index is 12.6. The van der Waals surface area contributed by atoms with E-state index in [0.29, 0.717) is 24.7 Å². The number of carbonyl (C=O) groups excluding carboxylic acids is 1. The van der Waals surface area contributed by atoms with Crippen molar-refractivity contribution >= 4 is 11.9 Å². The molecule has 2 fully saturated rings. The van der Waals surface area contributed by atoms with E-state index in [9.17, 15) is 9.59 Å². The van der Waals surface area contributed by atoms with Gasteiger partial charge in [-0.15, -0.1) is 0 Å². The Hall–Kier alpha value is -1.06. The Morgan fingerprint density at radius 2 is 1.68 bits per heavy atom. The predicted octanol–water partition coefficient (Wildman–Crippen LogP) is 2.38. The Morgan fingerprint density at radius 3 is 2.26 bits per heavy atom. The number of carboxylic acids is 1. The lowest BCUT2D eigenvalue weighted by molar-refractivity contribution is -0.143. The highest BCUT2D eigenvalue weighted by Gasteiger charge is 2.39. The van der Waals surface area contributed by atoms with Crippen LogP contribution in [-0.2, 0) is 9.59 Å². The molecule has 1 N–H and O–H groups in total. The largest absolute Gasteiger partial charge is 0.481 e. The number of hydrogen-bond donors (Lipinski definition) is 1. The van der Waals surface area contributed by atoms with Crippen LogP contribution in [0.5, 0.6) is 0 Å². The summed E-state index contributed by atoms with van der Waals surface area (Å²) in [6, 6.07) is 0.285. The summed E-state index contributed by atoms with van der Waals surface area (Å²) in [5, 5.41) is 9.03. The number of hydrogen-bond acceptors (Lipinski definition) is 2. The first-order valence-corrected chi connectivity index (χ1v) is 7.43. The van der Waals surface area contributed by atoms with Gasteiger partial charge in [0.05, 0.1) is 5.92 Å². The van der Waals surface area contributed by atoms with E-state index in [1.54, 1.807) is 0 Å². The molecule has 5 unspecified atom stereocenters. The number of carboxylic acid groups (broad SMARTS) is 1. The summed E-state index contributed by atoms with van der Waals surface area (Å²) in [5.74, 6) is 0.138. The van der Waals surface area contributed by atoms with E-state index in [1.165, 1.54) is 6.42 Å². The summed E-state index contributed by atoms with van der Waals surface area (Å²) in [6.45, 7) is 7.35. The van der Waals surface area contributed by atoms with Crippen LogP contribution in [0.3, 0.4) is 0 Å². The van der Waals surface area contributed by atoms with Gasteiger partial charge >= 0.3 is 5.97 Å². The Morgan fingerprint density at radius 1 is 1.05 bits per heavy atom. The van der Waals surface area contributed by atoms with Gasteiger partial charge in [0, 0.05) is 18.5 Å². The molecule has 0 aromatic carbocycles. The van der Waals surface area contributed by atoms with Gasteiger partial charge in [-0.05, 0) is 44.4 Å². The van der Waals surface area contributed by atoms with Crippen LogP contribution in [0.25, 0.3) is 0 Å². The first kappa shape index (κ1) is 14.4. The Kier molecular flexibility index (Phi) is 4.16. The van der Waals surface area contributed by atoms with Crippen molar-refractivity contribution in [1.82, 2.24) is 4.90 Å². The van der Waals surface area contributed by atoms with E-state index in [2.05, 4.69) is 20.8 Å². The van der Waals surface area contributed by atoms with Gasteiger partial charge in [-0.3, -0.25) is 9.59 Å². The van der Waals surface area contributed by atoms with E-state index < -0.39 is 5.97 Å². The minimum Gasteiger partial charge on any atom is -0.481 e. The van der Waals surface area contributed by atoms with Gasteiger partial charge < -0.3 is 10.0 Å². The summed E-state index contributed by atoms with van der Waals surface area (Å²) in [5.41, 5.74) is 0. The average Bonchev–Trinajstić information content (AvgIpc) is 2.82. The summed E-state index contributed by atoms with van der Waals surface area (Å²) in [6.07, 6.45) is 3.09. The smallest absolute Gasteiger partial charge is 0.306 e. The van der Waals surface area contributed by atoms with Crippen LogP contribution in [0.2, 0.25) is 0 Å². The van der Waals surface area contributed by atoms with Gasteiger partial charge in [-0.1, -0.05) is 13.8 Å². The van der Waals surface area contributed by atoms with Crippen LogP contribution < -0.4 is 0 Å². The van der Waals surface area contributed by atoms with Gasteiger partial charge in [0.1, 0.15) is 0 Å². The monoisotopic (exact) mass is 267 g/mol. The van der Waals surface area contributed by atoms with Crippen molar-refractivity contribution in [1.29, 1.82) is 0 Å². The molecule has 0 spiro atoms. The molecule has 1 saturated heterocycles. The van der Waals surface area contributed by atoms with Crippen LogP contribution in [0.4, 0.5) is 0 Å². The molecule has 1 aliphatic carbocycles. The quantitative estimate of drug-likeness (QED) is 0.835. The SMILES string of the molecule is CC1CC(C)C(C)N(C(=O)C2CCC(C(=O)O)C2)C1. The van der Waals surface area contributed by atoms with Crippen LogP contribution in [0.15, 0.2) is 0 Å². The lowest BCUT2D eigenvalue weighted by Crippen LogP contribution is -2.50. The third-order valence-corrected chi connectivity index (χ3v) is 5.01. The first-order chi connectivity index (χ1) is 8.90. The molecule has 5 atom stereocenters. The van der Waals surface area contributed by atoms with Gasteiger partial charge in [0.2, 0.25) is 5.91 Å². The number of carbonyl (C=O) groups is 2. The number of amides is 1. The summed E-state index contributed by atoms with van der Waals surface area (Å²) >= 11 is 0. The summed E-state index contributed by atoms with van der Waals surface area (Å²) in [7, 11) is 0. The van der Waals surface area contributed by atoms with Crippen LogP contribution in [-0.4, -0.2) is 34.5 Å². The molecule has 4 heteroatoms. The zero-order valence-electron chi connectivity index (χ0n) is 12.1. The van der Waals surface area contributed by atoms with E-state index in [-0.39, 0.29) is 23.8 Å². The maximum absolute atomic E-state index is 12.6. The maximum Gasteiger partial charge on any atom is 0.306 e. The van der Waals surface area contributed by atoms with Crippen molar-refractivity contribution in [3.05, 3.63) is 0 Å². The molecule has 0 aromatic heterocycles. The van der Waals surface area contributed by atoms with Crippen molar-refractivity contribution in [2.24, 2.45) is 23.7 Å². The zero-order valence-corrected chi connectivity index (χ0v) is 12.1. The van der Waals surface area contributed by atoms with E-state index >= 15 is 0 Å². The summed E-state index contributed by atoms with van der Waals surface area (Å²) in [4.78, 5) is 25.6. The first-order valence-electron chi connectivity index (χ1n) is 7.43. The van der Waals surface area contributed by atoms with Gasteiger partial charge in [0.15, 0.2) is 0 Å². The average molecular weight is 267 g/mol. The highest BCUT2D eigenvalue weighted by Crippen LogP contribution is 2.35. The molecular weight excluding hydrogens is 242 g/mol. The summed E-state index contributed by atoms with van der Waals surface area (Å²) < 4.78 is 0. The van der Waals surface area contributed by atoms with Crippen molar-refractivity contribution in [2.45, 2.75) is 52.5 Å². The highest BCUT2D eigenvalue weighted by atomic mass is 16.4. The molecule has 108 valence electrons. The Balaban J connectivity index is 2.01. The van der Waals surface area contributed by atoms with Crippen LogP contribution >= 0.6 is 0 Å². The lowest BCUT2D eigenvalue weighted by atomic mass is 9.85. The fourth-order valence-corrected chi connectivity index (χ4v) is 3.67. The molecule has 1 saturated carbocycles. The third-order valence-electron chi connectivity index (χ3n) is 5.01. The van der Waals surface area contributed by atoms with Gasteiger partial charge in [0.25, 0.3) is 0 Å². The molecule has 2 aliphatic rings. The predicted molar refractivity (Wildman–Crippen MR) is 72.6 cm³/mol. The standard InChI is InChI=1S/C15H25NO3/c1-9-6-10(2)11(3)16(8-9)14(17)12-4-5-13(7-12)15(18)19/h9-13H,4-8H2,1-3H3,(H,18,19). The number of piperidine rings is 1. The van der Waals surface area contributed by atoms with Crippen molar-refractivity contribution < 1.29 is 14.7 Å². The van der Waals surface area contributed by atoms with Crippen LogP contribution in [0, 0.1) is 23.7 Å². The third kappa shape index (κ3) is 2.93. The van der Waals surface area contributed by atoms with Crippen LogP contribution in [0.1, 0.15) is 46.5 Å². The Bertz CT molecular complexity index is 368. The normalized spacial score (nSPS) is 39.3. The van der Waals surface area contributed by atoms with Gasteiger partial charge in [-0.2, -0.15) is 0 Å². The zero-order chi connectivity index (χ0) is 14.2. The molecule has 1 heterocycles.